The number of aryl methyl sites for hydroxylation is 1. The van der Waals surface area contributed by atoms with E-state index in [9.17, 15) is 18.0 Å². The summed E-state index contributed by atoms with van der Waals surface area (Å²) in [7, 11) is -3.08. The van der Waals surface area contributed by atoms with Gasteiger partial charge in [-0.25, -0.2) is 8.42 Å². The summed E-state index contributed by atoms with van der Waals surface area (Å²) in [6, 6.07) is 4.87. The number of nitrogens with zero attached hydrogens (tertiary/aromatic N) is 2. The fourth-order valence-corrected chi connectivity index (χ4v) is 4.93. The van der Waals surface area contributed by atoms with Crippen LogP contribution in [0, 0.1) is 6.92 Å². The lowest BCUT2D eigenvalue weighted by molar-refractivity contribution is -0.132. The van der Waals surface area contributed by atoms with Crippen molar-refractivity contribution in [2.75, 3.05) is 29.5 Å². The number of sulfone groups is 1. The van der Waals surface area contributed by atoms with Crippen molar-refractivity contribution in [3.8, 4) is 0 Å². The first-order chi connectivity index (χ1) is 11.6. The van der Waals surface area contributed by atoms with Gasteiger partial charge < -0.3 is 9.80 Å². The monoisotopic (exact) mass is 386 g/mol. The average molecular weight is 387 g/mol. The normalized spacial score (nSPS) is 18.8. The number of carbonyl (C=O) groups excluding carboxylic acids is 2. The fourth-order valence-electron chi connectivity index (χ4n) is 3.02. The van der Waals surface area contributed by atoms with Gasteiger partial charge in [-0.2, -0.15) is 0 Å². The molecule has 1 fully saturated rings. The number of anilines is 1. The van der Waals surface area contributed by atoms with Gasteiger partial charge in [0.05, 0.1) is 11.5 Å². The van der Waals surface area contributed by atoms with Crippen LogP contribution in [-0.4, -0.2) is 55.8 Å². The van der Waals surface area contributed by atoms with Gasteiger partial charge in [0.15, 0.2) is 9.84 Å². The predicted molar refractivity (Wildman–Crippen MR) is 98.7 cm³/mol. The molecule has 0 bridgehead atoms. The first-order valence-electron chi connectivity index (χ1n) is 8.18. The Bertz CT molecular complexity index is 779. The first-order valence-corrected chi connectivity index (χ1v) is 10.4. The van der Waals surface area contributed by atoms with Crippen molar-refractivity contribution in [2.24, 2.45) is 0 Å². The third-order valence-electron chi connectivity index (χ3n) is 4.45. The van der Waals surface area contributed by atoms with Crippen molar-refractivity contribution in [1.82, 2.24) is 4.90 Å². The molecule has 0 aliphatic carbocycles. The minimum atomic E-state index is -3.08. The SMILES string of the molecule is CCN(C(=O)CN(C(C)=O)c1ccc(C)c(Cl)c1)C1CCS(=O)(=O)C1. The van der Waals surface area contributed by atoms with Crippen LogP contribution in [0.15, 0.2) is 18.2 Å². The number of hydrogen-bond acceptors (Lipinski definition) is 4. The lowest BCUT2D eigenvalue weighted by Gasteiger charge is -2.30. The number of amides is 2. The number of halogens is 1. The van der Waals surface area contributed by atoms with Crippen LogP contribution in [0.4, 0.5) is 5.69 Å². The molecule has 1 unspecified atom stereocenters. The summed E-state index contributed by atoms with van der Waals surface area (Å²) >= 11 is 6.12. The smallest absolute Gasteiger partial charge is 0.242 e. The van der Waals surface area contributed by atoms with Crippen molar-refractivity contribution in [2.45, 2.75) is 33.2 Å². The molecule has 0 saturated carbocycles. The molecule has 1 heterocycles. The van der Waals surface area contributed by atoms with Gasteiger partial charge in [0.1, 0.15) is 6.54 Å². The Kier molecular flexibility index (Phi) is 6.11. The van der Waals surface area contributed by atoms with Crippen molar-refractivity contribution in [3.63, 3.8) is 0 Å². The van der Waals surface area contributed by atoms with E-state index in [1.807, 2.05) is 13.8 Å². The highest BCUT2D eigenvalue weighted by Gasteiger charge is 2.34. The van der Waals surface area contributed by atoms with Crippen LogP contribution in [0.2, 0.25) is 5.02 Å². The van der Waals surface area contributed by atoms with Gasteiger partial charge in [0, 0.05) is 30.2 Å². The average Bonchev–Trinajstić information content (AvgIpc) is 2.88. The maximum absolute atomic E-state index is 12.7. The Morgan fingerprint density at radius 1 is 1.32 bits per heavy atom. The lowest BCUT2D eigenvalue weighted by Crippen LogP contribution is -2.47. The summed E-state index contributed by atoms with van der Waals surface area (Å²) < 4.78 is 23.4. The number of rotatable bonds is 5. The molecule has 1 atom stereocenters. The highest BCUT2D eigenvalue weighted by Crippen LogP contribution is 2.24. The Morgan fingerprint density at radius 2 is 2.00 bits per heavy atom. The second-order valence-electron chi connectivity index (χ2n) is 6.28. The molecule has 1 aromatic carbocycles. The third-order valence-corrected chi connectivity index (χ3v) is 6.61. The van der Waals surface area contributed by atoms with Crippen LogP contribution < -0.4 is 4.90 Å². The van der Waals surface area contributed by atoms with E-state index in [1.165, 1.54) is 11.8 Å². The molecule has 0 radical (unpaired) electrons. The summed E-state index contributed by atoms with van der Waals surface area (Å²) in [6.07, 6.45) is 0.443. The van der Waals surface area contributed by atoms with E-state index in [0.29, 0.717) is 23.7 Å². The summed E-state index contributed by atoms with van der Waals surface area (Å²) in [4.78, 5) is 27.7. The lowest BCUT2D eigenvalue weighted by atomic mass is 10.2. The molecular formula is C17H23ClN2O4S. The van der Waals surface area contributed by atoms with Gasteiger partial charge in [-0.05, 0) is 38.0 Å². The standard InChI is InChI=1S/C17H23ClN2O4S/c1-4-19(15-7-8-25(23,24)11-15)17(22)10-20(13(3)21)14-6-5-12(2)16(18)9-14/h5-6,9,15H,4,7-8,10-11H2,1-3H3. The van der Waals surface area contributed by atoms with Crippen LogP contribution in [0.5, 0.6) is 0 Å². The van der Waals surface area contributed by atoms with E-state index in [1.54, 1.807) is 23.1 Å². The molecule has 8 heteroatoms. The quantitative estimate of drug-likeness (QED) is 0.776. The third kappa shape index (κ3) is 4.73. The van der Waals surface area contributed by atoms with Gasteiger partial charge in [-0.15, -0.1) is 0 Å². The minimum Gasteiger partial charge on any atom is -0.337 e. The zero-order valence-corrected chi connectivity index (χ0v) is 16.2. The van der Waals surface area contributed by atoms with E-state index < -0.39 is 9.84 Å². The summed E-state index contributed by atoms with van der Waals surface area (Å²) in [6.45, 7) is 5.31. The predicted octanol–water partition coefficient (Wildman–Crippen LogP) is 2.04. The van der Waals surface area contributed by atoms with Crippen molar-refractivity contribution < 1.29 is 18.0 Å². The van der Waals surface area contributed by atoms with Crippen molar-refractivity contribution >= 4 is 38.9 Å². The number of benzene rings is 1. The van der Waals surface area contributed by atoms with Crippen molar-refractivity contribution in [1.29, 1.82) is 0 Å². The molecule has 0 N–H and O–H groups in total. The molecular weight excluding hydrogens is 364 g/mol. The molecule has 1 aromatic rings. The fraction of sp³-hybridized carbons (Fsp3) is 0.529. The molecule has 1 saturated heterocycles. The molecule has 6 nitrogen and oxygen atoms in total. The molecule has 1 aliphatic rings. The van der Waals surface area contributed by atoms with Crippen LogP contribution in [0.25, 0.3) is 0 Å². The molecule has 0 spiro atoms. The molecule has 138 valence electrons. The molecule has 2 rings (SSSR count). The highest BCUT2D eigenvalue weighted by atomic mass is 35.5. The number of hydrogen-bond donors (Lipinski definition) is 0. The second kappa shape index (κ2) is 7.74. The molecule has 1 aliphatic heterocycles. The minimum absolute atomic E-state index is 0.0109. The van der Waals surface area contributed by atoms with E-state index >= 15 is 0 Å². The Hall–Kier alpha value is -1.60. The van der Waals surface area contributed by atoms with E-state index in [0.717, 1.165) is 5.56 Å². The Labute approximate surface area is 153 Å². The van der Waals surface area contributed by atoms with Gasteiger partial charge in [-0.1, -0.05) is 17.7 Å². The summed E-state index contributed by atoms with van der Waals surface area (Å²) in [5.74, 6) is -0.450. The van der Waals surface area contributed by atoms with E-state index in [4.69, 9.17) is 11.6 Å². The van der Waals surface area contributed by atoms with Crippen LogP contribution in [0.1, 0.15) is 25.8 Å². The second-order valence-corrected chi connectivity index (χ2v) is 8.91. The first kappa shape index (κ1) is 19.7. The molecule has 25 heavy (non-hydrogen) atoms. The van der Waals surface area contributed by atoms with Gasteiger partial charge in [-0.3, -0.25) is 9.59 Å². The summed E-state index contributed by atoms with van der Waals surface area (Å²) in [5.41, 5.74) is 1.43. The largest absolute Gasteiger partial charge is 0.337 e. The van der Waals surface area contributed by atoms with Crippen LogP contribution in [-0.2, 0) is 19.4 Å². The number of likely N-dealkylation sites (N-methyl/N-ethyl adjacent to an activating group) is 1. The topological polar surface area (TPSA) is 74.8 Å². The van der Waals surface area contributed by atoms with Gasteiger partial charge in [0.2, 0.25) is 11.8 Å². The molecule has 2 amide bonds. The zero-order chi connectivity index (χ0) is 18.8. The van der Waals surface area contributed by atoms with Crippen LogP contribution >= 0.6 is 11.6 Å². The number of carbonyl (C=O) groups is 2. The highest BCUT2D eigenvalue weighted by molar-refractivity contribution is 7.91. The maximum Gasteiger partial charge on any atom is 0.242 e. The Morgan fingerprint density at radius 3 is 2.48 bits per heavy atom. The maximum atomic E-state index is 12.7. The van der Waals surface area contributed by atoms with E-state index in [2.05, 4.69) is 0 Å². The van der Waals surface area contributed by atoms with Gasteiger partial charge in [0.25, 0.3) is 0 Å². The zero-order valence-electron chi connectivity index (χ0n) is 14.7. The van der Waals surface area contributed by atoms with E-state index in [-0.39, 0.29) is 35.9 Å². The summed E-state index contributed by atoms with van der Waals surface area (Å²) in [5, 5.41) is 0.519. The van der Waals surface area contributed by atoms with Crippen molar-refractivity contribution in [3.05, 3.63) is 28.8 Å². The van der Waals surface area contributed by atoms with Gasteiger partial charge >= 0.3 is 0 Å². The Balaban J connectivity index is 2.19. The van der Waals surface area contributed by atoms with Crippen LogP contribution in [0.3, 0.4) is 0 Å². The molecule has 0 aromatic heterocycles.